The predicted molar refractivity (Wildman–Crippen MR) is 108 cm³/mol. The summed E-state index contributed by atoms with van der Waals surface area (Å²) >= 11 is 0. The summed E-state index contributed by atoms with van der Waals surface area (Å²) in [6.07, 6.45) is 4.96. The molecule has 1 N–H and O–H groups in total. The Balaban J connectivity index is 1.50. The maximum atomic E-state index is 12.9. The molecule has 6 nitrogen and oxygen atoms in total. The Morgan fingerprint density at radius 2 is 1.55 bits per heavy atom. The molecule has 0 unspecified atom stereocenters. The van der Waals surface area contributed by atoms with Crippen LogP contribution in [0.1, 0.15) is 19.8 Å². The number of nitrogens with one attached hydrogen (secondary N) is 1. The summed E-state index contributed by atoms with van der Waals surface area (Å²) < 4.78 is 5.86. The van der Waals surface area contributed by atoms with Crippen LogP contribution in [0.5, 0.6) is 11.5 Å². The van der Waals surface area contributed by atoms with E-state index < -0.39 is 11.9 Å². The summed E-state index contributed by atoms with van der Waals surface area (Å²) in [5, 5.41) is 2.80. The molecule has 148 valence electrons. The average molecular weight is 390 g/mol. The van der Waals surface area contributed by atoms with Gasteiger partial charge in [-0.1, -0.05) is 42.5 Å². The summed E-state index contributed by atoms with van der Waals surface area (Å²) in [4.78, 5) is 39.4. The highest BCUT2D eigenvalue weighted by Crippen LogP contribution is 2.36. The van der Waals surface area contributed by atoms with Gasteiger partial charge in [0.05, 0.1) is 17.5 Å². The number of anilines is 1. The highest BCUT2D eigenvalue weighted by atomic mass is 16.5. The van der Waals surface area contributed by atoms with Crippen LogP contribution in [-0.4, -0.2) is 28.7 Å². The van der Waals surface area contributed by atoms with Gasteiger partial charge in [0.25, 0.3) is 0 Å². The van der Waals surface area contributed by atoms with Gasteiger partial charge in [-0.25, -0.2) is 0 Å². The van der Waals surface area contributed by atoms with E-state index in [1.807, 2.05) is 48.6 Å². The first-order valence-electron chi connectivity index (χ1n) is 9.71. The molecule has 1 heterocycles. The molecule has 1 saturated heterocycles. The van der Waals surface area contributed by atoms with Crippen molar-refractivity contribution in [3.05, 3.63) is 66.7 Å². The number of fused-ring (bicyclic) bond motifs is 1. The number of para-hydroxylation sites is 3. The molecule has 0 saturated carbocycles. The summed E-state index contributed by atoms with van der Waals surface area (Å²) in [5.74, 6) is -0.531. The van der Waals surface area contributed by atoms with E-state index in [1.165, 1.54) is 0 Å². The first-order valence-corrected chi connectivity index (χ1v) is 9.71. The lowest BCUT2D eigenvalue weighted by atomic mass is 9.85. The minimum atomic E-state index is -0.898. The van der Waals surface area contributed by atoms with Crippen molar-refractivity contribution in [3.8, 4) is 11.5 Å². The van der Waals surface area contributed by atoms with Gasteiger partial charge in [-0.15, -0.1) is 0 Å². The van der Waals surface area contributed by atoms with E-state index in [9.17, 15) is 14.4 Å². The van der Waals surface area contributed by atoms with Gasteiger partial charge in [0.2, 0.25) is 17.7 Å². The number of hydrogen-bond donors (Lipinski definition) is 1. The van der Waals surface area contributed by atoms with Gasteiger partial charge in [-0.2, -0.15) is 0 Å². The summed E-state index contributed by atoms with van der Waals surface area (Å²) in [6.45, 7) is 1.58. The van der Waals surface area contributed by atoms with Crippen molar-refractivity contribution in [2.45, 2.75) is 25.8 Å². The number of hydrogen-bond acceptors (Lipinski definition) is 4. The molecule has 0 aromatic heterocycles. The van der Waals surface area contributed by atoms with Gasteiger partial charge in [0.15, 0.2) is 5.75 Å². The number of benzene rings is 2. The Kier molecular flexibility index (Phi) is 5.16. The number of carbonyl (C=O) groups excluding carboxylic acids is 3. The van der Waals surface area contributed by atoms with Crippen molar-refractivity contribution in [1.29, 1.82) is 0 Å². The zero-order chi connectivity index (χ0) is 20.4. The fourth-order valence-corrected chi connectivity index (χ4v) is 3.84. The topological polar surface area (TPSA) is 75.7 Å². The highest BCUT2D eigenvalue weighted by Gasteiger charge is 2.50. The zero-order valence-corrected chi connectivity index (χ0v) is 16.1. The third-order valence-electron chi connectivity index (χ3n) is 5.42. The highest BCUT2D eigenvalue weighted by molar-refractivity contribution is 6.10. The molecular weight excluding hydrogens is 368 g/mol. The van der Waals surface area contributed by atoms with Crippen LogP contribution in [0.15, 0.2) is 66.7 Å². The lowest BCUT2D eigenvalue weighted by Crippen LogP contribution is -2.46. The molecule has 4 rings (SSSR count). The van der Waals surface area contributed by atoms with E-state index in [4.69, 9.17) is 4.74 Å². The predicted octanol–water partition coefficient (Wildman–Crippen LogP) is 3.76. The van der Waals surface area contributed by atoms with Crippen LogP contribution in [0.4, 0.5) is 5.69 Å². The van der Waals surface area contributed by atoms with E-state index in [-0.39, 0.29) is 23.7 Å². The number of carbonyl (C=O) groups is 3. The SMILES string of the molecule is C[C@@H](C(=O)Nc1ccccc1Oc1ccccc1)N1C(=O)[C@H]2CC=CC[C@H]2C1=O. The van der Waals surface area contributed by atoms with Gasteiger partial charge < -0.3 is 10.1 Å². The van der Waals surface area contributed by atoms with Gasteiger partial charge in [0.1, 0.15) is 11.8 Å². The Labute approximate surface area is 169 Å². The quantitative estimate of drug-likeness (QED) is 0.623. The van der Waals surface area contributed by atoms with Crippen LogP contribution >= 0.6 is 0 Å². The van der Waals surface area contributed by atoms with E-state index >= 15 is 0 Å². The average Bonchev–Trinajstić information content (AvgIpc) is 3.00. The van der Waals surface area contributed by atoms with Crippen molar-refractivity contribution < 1.29 is 19.1 Å². The fraction of sp³-hybridized carbons (Fsp3) is 0.261. The Morgan fingerprint density at radius 1 is 0.966 bits per heavy atom. The Bertz CT molecular complexity index is 944. The first-order chi connectivity index (χ1) is 14.1. The van der Waals surface area contributed by atoms with Crippen molar-refractivity contribution in [1.82, 2.24) is 4.90 Å². The molecule has 1 fully saturated rings. The smallest absolute Gasteiger partial charge is 0.247 e. The number of allylic oxidation sites excluding steroid dienone is 2. The van der Waals surface area contributed by atoms with Crippen molar-refractivity contribution in [3.63, 3.8) is 0 Å². The largest absolute Gasteiger partial charge is 0.455 e. The monoisotopic (exact) mass is 390 g/mol. The maximum Gasteiger partial charge on any atom is 0.247 e. The standard InChI is InChI=1S/C23H22N2O4/c1-15(25-22(27)17-11-5-6-12-18(17)23(25)28)21(26)24-19-13-7-8-14-20(19)29-16-9-3-2-4-10-16/h2-10,13-15,17-18H,11-12H2,1H3,(H,24,26)/t15-,17-,18+/m0/s1. The molecular formula is C23H22N2O4. The molecule has 0 spiro atoms. The molecule has 0 bridgehead atoms. The van der Waals surface area contributed by atoms with E-state index in [2.05, 4.69) is 5.32 Å². The second-order valence-corrected chi connectivity index (χ2v) is 7.28. The molecule has 0 radical (unpaired) electrons. The van der Waals surface area contributed by atoms with Gasteiger partial charge in [-0.3, -0.25) is 19.3 Å². The Hall–Kier alpha value is -3.41. The molecule has 1 aliphatic heterocycles. The number of imide groups is 1. The maximum absolute atomic E-state index is 12.9. The molecule has 3 atom stereocenters. The van der Waals surface area contributed by atoms with Crippen LogP contribution in [-0.2, 0) is 14.4 Å². The van der Waals surface area contributed by atoms with E-state index in [1.54, 1.807) is 25.1 Å². The number of amides is 3. The van der Waals surface area contributed by atoms with E-state index in [0.717, 1.165) is 4.90 Å². The number of likely N-dealkylation sites (tertiary alicyclic amines) is 1. The van der Waals surface area contributed by atoms with E-state index in [0.29, 0.717) is 30.0 Å². The van der Waals surface area contributed by atoms with Crippen molar-refractivity contribution in [2.24, 2.45) is 11.8 Å². The summed E-state index contributed by atoms with van der Waals surface area (Å²) in [7, 11) is 0. The fourth-order valence-electron chi connectivity index (χ4n) is 3.84. The number of nitrogens with zero attached hydrogens (tertiary/aromatic N) is 1. The second kappa shape index (κ2) is 7.91. The molecule has 6 heteroatoms. The summed E-state index contributed by atoms with van der Waals surface area (Å²) in [5.41, 5.74) is 0.478. The zero-order valence-electron chi connectivity index (χ0n) is 16.1. The minimum absolute atomic E-state index is 0.263. The number of rotatable bonds is 5. The lowest BCUT2D eigenvalue weighted by Gasteiger charge is -2.23. The van der Waals surface area contributed by atoms with Crippen LogP contribution in [0.2, 0.25) is 0 Å². The normalized spacial score (nSPS) is 21.6. The third-order valence-corrected chi connectivity index (χ3v) is 5.42. The van der Waals surface area contributed by atoms with Crippen molar-refractivity contribution in [2.75, 3.05) is 5.32 Å². The molecule has 3 amide bonds. The Morgan fingerprint density at radius 3 is 2.21 bits per heavy atom. The molecule has 2 aliphatic rings. The minimum Gasteiger partial charge on any atom is -0.455 e. The van der Waals surface area contributed by atoms with Gasteiger partial charge in [-0.05, 0) is 44.0 Å². The van der Waals surface area contributed by atoms with Crippen LogP contribution < -0.4 is 10.1 Å². The lowest BCUT2D eigenvalue weighted by molar-refractivity contribution is -0.146. The summed E-state index contributed by atoms with van der Waals surface area (Å²) in [6, 6.07) is 15.4. The van der Waals surface area contributed by atoms with Gasteiger partial charge >= 0.3 is 0 Å². The molecule has 1 aliphatic carbocycles. The van der Waals surface area contributed by atoms with Crippen LogP contribution in [0.25, 0.3) is 0 Å². The third kappa shape index (κ3) is 3.66. The van der Waals surface area contributed by atoms with Crippen LogP contribution in [0.3, 0.4) is 0 Å². The molecule has 2 aromatic carbocycles. The molecule has 2 aromatic rings. The first kappa shape index (κ1) is 18.9. The molecule has 29 heavy (non-hydrogen) atoms. The van der Waals surface area contributed by atoms with Crippen LogP contribution in [0, 0.1) is 11.8 Å². The second-order valence-electron chi connectivity index (χ2n) is 7.28. The van der Waals surface area contributed by atoms with Crippen molar-refractivity contribution >= 4 is 23.4 Å². The number of ether oxygens (including phenoxy) is 1. The van der Waals surface area contributed by atoms with Gasteiger partial charge in [0, 0.05) is 0 Å².